The number of rotatable bonds is 9. The van der Waals surface area contributed by atoms with Gasteiger partial charge in [0, 0.05) is 44.3 Å². The van der Waals surface area contributed by atoms with E-state index in [1.54, 1.807) is 23.5 Å². The van der Waals surface area contributed by atoms with Gasteiger partial charge in [0.25, 0.3) is 0 Å². The van der Waals surface area contributed by atoms with Crippen molar-refractivity contribution in [3.8, 4) is 5.75 Å². The fourth-order valence-corrected chi connectivity index (χ4v) is 10.7. The summed E-state index contributed by atoms with van der Waals surface area (Å²) in [6, 6.07) is 14.4. The van der Waals surface area contributed by atoms with Gasteiger partial charge in [-0.15, -0.1) is 0 Å². The van der Waals surface area contributed by atoms with E-state index >= 15 is 0 Å². The van der Waals surface area contributed by atoms with Crippen LogP contribution in [0, 0.1) is 19.3 Å². The predicted octanol–water partition coefficient (Wildman–Crippen LogP) is 5.66. The number of amides is 1. The predicted molar refractivity (Wildman–Crippen MR) is 176 cm³/mol. The lowest BCUT2D eigenvalue weighted by Gasteiger charge is -2.56. The van der Waals surface area contributed by atoms with E-state index < -0.39 is 10.0 Å². The number of piperidine rings is 2. The fourth-order valence-electron chi connectivity index (χ4n) is 8.59. The molecule has 1 amide bonds. The van der Waals surface area contributed by atoms with Crippen molar-refractivity contribution in [1.82, 2.24) is 14.1 Å². The van der Waals surface area contributed by atoms with Gasteiger partial charge < -0.3 is 14.4 Å². The Labute approximate surface area is 270 Å². The molecule has 45 heavy (non-hydrogen) atoms. The summed E-state index contributed by atoms with van der Waals surface area (Å²) in [4.78, 5) is 18.3. The molecule has 1 saturated carbocycles. The highest BCUT2D eigenvalue weighted by Gasteiger charge is 2.49. The van der Waals surface area contributed by atoms with Crippen molar-refractivity contribution in [3.05, 3.63) is 59.2 Å². The van der Waals surface area contributed by atoms with Crippen LogP contribution in [0.3, 0.4) is 0 Å². The Kier molecular flexibility index (Phi) is 9.63. The molecule has 4 fully saturated rings. The number of carbonyl (C=O) groups excluding carboxylic acids is 1. The van der Waals surface area contributed by atoms with Gasteiger partial charge in [0.1, 0.15) is 12.4 Å². The number of ether oxygens (including phenoxy) is 2. The quantitative estimate of drug-likeness (QED) is 0.354. The standard InChI is InChI=1S/C36H51N3O5S/c1-28-24-32(43-3)25-29(2)34(28)45(41,42)39-21-8-7-12-31(39)26-44-27-33(40)37-22-17-35(18-23-37)13-15-36(16-14-35,38-19-9-20-38)30-10-5-4-6-11-30/h4-6,10-11,24-25,31H,7-9,12-23,26-27H2,1-3H3. The zero-order chi connectivity index (χ0) is 31.7. The van der Waals surface area contributed by atoms with Crippen molar-refractivity contribution in [2.45, 2.75) is 94.5 Å². The lowest BCUT2D eigenvalue weighted by atomic mass is 9.61. The maximum atomic E-state index is 13.9. The highest BCUT2D eigenvalue weighted by Crippen LogP contribution is 2.53. The van der Waals surface area contributed by atoms with Gasteiger partial charge in [-0.25, -0.2) is 8.42 Å². The molecule has 0 bridgehead atoms. The van der Waals surface area contributed by atoms with Crippen LogP contribution in [0.25, 0.3) is 0 Å². The van der Waals surface area contributed by atoms with Crippen LogP contribution in [0.2, 0.25) is 0 Å². The monoisotopic (exact) mass is 637 g/mol. The van der Waals surface area contributed by atoms with Gasteiger partial charge in [0.15, 0.2) is 0 Å². The maximum Gasteiger partial charge on any atom is 0.248 e. The lowest BCUT2D eigenvalue weighted by molar-refractivity contribution is -0.140. The maximum absolute atomic E-state index is 13.9. The minimum atomic E-state index is -3.71. The Hall–Kier alpha value is -2.46. The highest BCUT2D eigenvalue weighted by molar-refractivity contribution is 7.89. The van der Waals surface area contributed by atoms with Gasteiger partial charge in [0.05, 0.1) is 18.6 Å². The molecule has 3 heterocycles. The SMILES string of the molecule is COc1cc(C)c(S(=O)(=O)N2CCCCC2COCC(=O)N2CCC3(CC2)CCC(c2ccccc2)(N2CCC2)CC3)c(C)c1. The van der Waals surface area contributed by atoms with E-state index in [0.717, 1.165) is 45.2 Å². The first-order valence-corrected chi connectivity index (χ1v) is 18.4. The van der Waals surface area contributed by atoms with Crippen LogP contribution in [-0.2, 0) is 25.1 Å². The summed E-state index contributed by atoms with van der Waals surface area (Å²) in [7, 11) is -2.13. The average molecular weight is 638 g/mol. The molecule has 9 heteroatoms. The van der Waals surface area contributed by atoms with E-state index in [1.807, 2.05) is 18.7 Å². The second-order valence-corrected chi connectivity index (χ2v) is 15.8. The van der Waals surface area contributed by atoms with Gasteiger partial charge in [-0.05, 0) is 106 Å². The minimum Gasteiger partial charge on any atom is -0.497 e. The summed E-state index contributed by atoms with van der Waals surface area (Å²) in [6.45, 7) is 8.31. The number of nitrogens with zero attached hydrogens (tertiary/aromatic N) is 3. The van der Waals surface area contributed by atoms with Gasteiger partial charge in [-0.1, -0.05) is 36.8 Å². The third kappa shape index (κ3) is 6.42. The zero-order valence-corrected chi connectivity index (χ0v) is 28.2. The van der Waals surface area contributed by atoms with E-state index in [1.165, 1.54) is 50.8 Å². The largest absolute Gasteiger partial charge is 0.497 e. The number of aryl methyl sites for hydroxylation is 2. The number of sulfonamides is 1. The van der Waals surface area contributed by atoms with Crippen LogP contribution >= 0.6 is 0 Å². The molecule has 1 aliphatic carbocycles. The Bertz CT molecular complexity index is 1420. The topological polar surface area (TPSA) is 79.4 Å². The van der Waals surface area contributed by atoms with Crippen molar-refractivity contribution in [3.63, 3.8) is 0 Å². The van der Waals surface area contributed by atoms with Crippen molar-refractivity contribution in [1.29, 1.82) is 0 Å². The van der Waals surface area contributed by atoms with E-state index in [-0.39, 0.29) is 30.7 Å². The van der Waals surface area contributed by atoms with E-state index in [0.29, 0.717) is 33.7 Å². The second kappa shape index (κ2) is 13.3. The Morgan fingerprint density at radius 1 is 0.867 bits per heavy atom. The van der Waals surface area contributed by atoms with Crippen LogP contribution in [0.15, 0.2) is 47.4 Å². The number of methoxy groups -OCH3 is 1. The Morgan fingerprint density at radius 3 is 2.13 bits per heavy atom. The van der Waals surface area contributed by atoms with Crippen LogP contribution in [0.5, 0.6) is 5.75 Å². The van der Waals surface area contributed by atoms with Gasteiger partial charge in [-0.2, -0.15) is 4.31 Å². The van der Waals surface area contributed by atoms with Crippen LogP contribution in [-0.4, -0.2) is 87.5 Å². The summed E-state index contributed by atoms with van der Waals surface area (Å²) >= 11 is 0. The molecule has 3 aliphatic heterocycles. The molecule has 0 radical (unpaired) electrons. The van der Waals surface area contributed by atoms with E-state index in [2.05, 4.69) is 35.2 Å². The van der Waals surface area contributed by atoms with Crippen LogP contribution in [0.4, 0.5) is 0 Å². The normalized spacial score (nSPS) is 23.9. The zero-order valence-electron chi connectivity index (χ0n) is 27.4. The lowest BCUT2D eigenvalue weighted by Crippen LogP contribution is -2.56. The first kappa shape index (κ1) is 32.5. The van der Waals surface area contributed by atoms with E-state index in [4.69, 9.17) is 9.47 Å². The summed E-state index contributed by atoms with van der Waals surface area (Å²) in [6.07, 6.45) is 10.7. The molecule has 2 aromatic carbocycles. The third-order valence-corrected chi connectivity index (χ3v) is 13.7. The molecule has 1 unspecified atom stereocenters. The molecule has 3 saturated heterocycles. The molecule has 0 N–H and O–H groups in total. The molecular weight excluding hydrogens is 586 g/mol. The first-order chi connectivity index (χ1) is 21.7. The molecule has 246 valence electrons. The summed E-state index contributed by atoms with van der Waals surface area (Å²) in [5.41, 5.74) is 3.34. The average Bonchev–Trinajstić information content (AvgIpc) is 3.02. The summed E-state index contributed by atoms with van der Waals surface area (Å²) in [5, 5.41) is 0. The Morgan fingerprint density at radius 2 is 1.53 bits per heavy atom. The number of carbonyl (C=O) groups is 1. The molecule has 4 aliphatic rings. The molecule has 1 atom stereocenters. The second-order valence-electron chi connectivity index (χ2n) is 14.0. The smallest absolute Gasteiger partial charge is 0.248 e. The summed E-state index contributed by atoms with van der Waals surface area (Å²) < 4.78 is 40.6. The van der Waals surface area contributed by atoms with Crippen molar-refractivity contribution < 1.29 is 22.7 Å². The van der Waals surface area contributed by atoms with Crippen LogP contribution < -0.4 is 4.74 Å². The molecule has 6 rings (SSSR count). The number of benzene rings is 2. The molecular formula is C36H51N3O5S. The third-order valence-electron chi connectivity index (χ3n) is 11.4. The van der Waals surface area contributed by atoms with Gasteiger partial charge in [0.2, 0.25) is 15.9 Å². The van der Waals surface area contributed by atoms with Gasteiger partial charge in [-0.3, -0.25) is 9.69 Å². The minimum absolute atomic E-state index is 0.00403. The Balaban J connectivity index is 1.01. The highest BCUT2D eigenvalue weighted by atomic mass is 32.2. The number of hydrogen-bond acceptors (Lipinski definition) is 6. The molecule has 0 aromatic heterocycles. The molecule has 1 spiro atoms. The molecule has 8 nitrogen and oxygen atoms in total. The number of hydrogen-bond donors (Lipinski definition) is 0. The van der Waals surface area contributed by atoms with Crippen LogP contribution in [0.1, 0.15) is 80.9 Å². The van der Waals surface area contributed by atoms with E-state index in [9.17, 15) is 13.2 Å². The number of likely N-dealkylation sites (tertiary alicyclic amines) is 2. The summed E-state index contributed by atoms with van der Waals surface area (Å²) in [5.74, 6) is 0.673. The van der Waals surface area contributed by atoms with Crippen molar-refractivity contribution in [2.75, 3.05) is 53.0 Å². The fraction of sp³-hybridized carbons (Fsp3) is 0.639. The first-order valence-electron chi connectivity index (χ1n) is 17.0. The molecule has 2 aromatic rings. The van der Waals surface area contributed by atoms with Gasteiger partial charge >= 0.3 is 0 Å². The van der Waals surface area contributed by atoms with Crippen molar-refractivity contribution in [2.24, 2.45) is 5.41 Å². The van der Waals surface area contributed by atoms with Crippen molar-refractivity contribution >= 4 is 15.9 Å².